The smallest absolute Gasteiger partial charge is 0.331 e. The first-order valence-corrected chi connectivity index (χ1v) is 4.96. The number of hydrogen-bond acceptors (Lipinski definition) is 3. The van der Waals surface area contributed by atoms with E-state index in [1.54, 1.807) is 6.26 Å². The summed E-state index contributed by atoms with van der Waals surface area (Å²) in [6.07, 6.45) is 11.6. The molecular formula is C12H10O3. The van der Waals surface area contributed by atoms with Gasteiger partial charge in [-0.15, -0.1) is 0 Å². The van der Waals surface area contributed by atoms with Crippen LogP contribution in [0.3, 0.4) is 0 Å². The van der Waals surface area contributed by atoms with Gasteiger partial charge in [0.1, 0.15) is 11.9 Å². The van der Waals surface area contributed by atoms with Crippen LogP contribution in [0.5, 0.6) is 0 Å². The zero-order valence-corrected chi connectivity index (χ0v) is 8.05. The molecule has 2 aliphatic heterocycles. The standard InChI is InChI=1S/C12H10O3/c13-11-6-4-9-10(15-11)5-3-8-2-1-7-14-12(8)9/h1,3-7,9-10H,2H2. The van der Waals surface area contributed by atoms with Crippen molar-refractivity contribution in [2.45, 2.75) is 12.5 Å². The van der Waals surface area contributed by atoms with E-state index >= 15 is 0 Å². The van der Waals surface area contributed by atoms with Gasteiger partial charge < -0.3 is 9.47 Å². The number of carbonyl (C=O) groups is 1. The molecule has 0 spiro atoms. The van der Waals surface area contributed by atoms with Crippen LogP contribution < -0.4 is 0 Å². The van der Waals surface area contributed by atoms with Gasteiger partial charge in [-0.25, -0.2) is 4.79 Å². The third-order valence-electron chi connectivity index (χ3n) is 2.78. The molecule has 3 heteroatoms. The molecule has 0 saturated carbocycles. The molecule has 0 aromatic heterocycles. The van der Waals surface area contributed by atoms with Crippen LogP contribution in [0.1, 0.15) is 6.42 Å². The lowest BCUT2D eigenvalue weighted by Gasteiger charge is -2.31. The van der Waals surface area contributed by atoms with Crippen molar-refractivity contribution in [2.24, 2.45) is 5.92 Å². The van der Waals surface area contributed by atoms with Crippen LogP contribution >= 0.6 is 0 Å². The fourth-order valence-corrected chi connectivity index (χ4v) is 2.06. The van der Waals surface area contributed by atoms with Crippen LogP contribution in [-0.2, 0) is 14.3 Å². The monoisotopic (exact) mass is 202 g/mol. The Labute approximate surface area is 87.4 Å². The van der Waals surface area contributed by atoms with E-state index in [9.17, 15) is 4.79 Å². The molecule has 2 atom stereocenters. The summed E-state index contributed by atoms with van der Waals surface area (Å²) in [6, 6.07) is 0. The lowest BCUT2D eigenvalue weighted by atomic mass is 9.87. The second kappa shape index (κ2) is 3.12. The van der Waals surface area contributed by atoms with Crippen LogP contribution in [0.25, 0.3) is 0 Å². The van der Waals surface area contributed by atoms with Gasteiger partial charge in [0, 0.05) is 6.08 Å². The summed E-state index contributed by atoms with van der Waals surface area (Å²) in [7, 11) is 0. The summed E-state index contributed by atoms with van der Waals surface area (Å²) >= 11 is 0. The van der Waals surface area contributed by atoms with Crippen LogP contribution in [-0.4, -0.2) is 12.1 Å². The number of rotatable bonds is 0. The van der Waals surface area contributed by atoms with Gasteiger partial charge in [-0.3, -0.25) is 0 Å². The van der Waals surface area contributed by atoms with Crippen LogP contribution in [0.15, 0.2) is 48.0 Å². The normalized spacial score (nSPS) is 31.9. The summed E-state index contributed by atoms with van der Waals surface area (Å²) in [5.41, 5.74) is 1.17. The minimum absolute atomic E-state index is 0.0487. The zero-order chi connectivity index (χ0) is 10.3. The van der Waals surface area contributed by atoms with Gasteiger partial charge in [0.05, 0.1) is 12.2 Å². The van der Waals surface area contributed by atoms with Crippen molar-refractivity contribution in [3.05, 3.63) is 48.0 Å². The van der Waals surface area contributed by atoms with E-state index in [0.29, 0.717) is 0 Å². The first-order valence-electron chi connectivity index (χ1n) is 4.96. The Morgan fingerprint density at radius 1 is 1.27 bits per heavy atom. The number of ether oxygens (including phenoxy) is 2. The van der Waals surface area contributed by atoms with Crippen molar-refractivity contribution < 1.29 is 14.3 Å². The summed E-state index contributed by atoms with van der Waals surface area (Å²) in [6.45, 7) is 0. The predicted octanol–water partition coefficient (Wildman–Crippen LogP) is 1.84. The Morgan fingerprint density at radius 2 is 2.20 bits per heavy atom. The highest BCUT2D eigenvalue weighted by Crippen LogP contribution is 2.35. The molecule has 0 radical (unpaired) electrons. The molecule has 0 bridgehead atoms. The van der Waals surface area contributed by atoms with Crippen molar-refractivity contribution in [3.8, 4) is 0 Å². The van der Waals surface area contributed by atoms with E-state index in [2.05, 4.69) is 0 Å². The maximum Gasteiger partial charge on any atom is 0.331 e. The van der Waals surface area contributed by atoms with Gasteiger partial charge in [-0.2, -0.15) is 0 Å². The van der Waals surface area contributed by atoms with Gasteiger partial charge in [-0.05, 0) is 24.1 Å². The van der Waals surface area contributed by atoms with Crippen molar-refractivity contribution in [1.82, 2.24) is 0 Å². The second-order valence-corrected chi connectivity index (χ2v) is 3.73. The lowest BCUT2D eigenvalue weighted by molar-refractivity contribution is -0.143. The molecule has 76 valence electrons. The minimum Gasteiger partial charge on any atom is -0.469 e. The Kier molecular flexibility index (Phi) is 1.78. The maximum absolute atomic E-state index is 11.1. The molecule has 0 aromatic rings. The second-order valence-electron chi connectivity index (χ2n) is 3.73. The predicted molar refractivity (Wildman–Crippen MR) is 53.5 cm³/mol. The van der Waals surface area contributed by atoms with Crippen molar-refractivity contribution in [1.29, 1.82) is 0 Å². The van der Waals surface area contributed by atoms with E-state index in [1.807, 2.05) is 24.3 Å². The number of hydrogen-bond donors (Lipinski definition) is 0. The maximum atomic E-state index is 11.1. The third-order valence-corrected chi connectivity index (χ3v) is 2.78. The zero-order valence-electron chi connectivity index (χ0n) is 8.05. The molecule has 2 unspecified atom stereocenters. The van der Waals surface area contributed by atoms with Crippen molar-refractivity contribution >= 4 is 5.97 Å². The van der Waals surface area contributed by atoms with Crippen molar-refractivity contribution in [2.75, 3.05) is 0 Å². The van der Waals surface area contributed by atoms with E-state index in [0.717, 1.165) is 12.2 Å². The molecule has 15 heavy (non-hydrogen) atoms. The quantitative estimate of drug-likeness (QED) is 0.562. The highest BCUT2D eigenvalue weighted by Gasteiger charge is 2.33. The summed E-state index contributed by atoms with van der Waals surface area (Å²) in [5.74, 6) is 0.678. The average molecular weight is 202 g/mol. The molecule has 3 aliphatic rings. The van der Waals surface area contributed by atoms with Crippen LogP contribution in [0, 0.1) is 5.92 Å². The molecule has 1 aliphatic carbocycles. The van der Waals surface area contributed by atoms with Gasteiger partial charge in [0.2, 0.25) is 0 Å². The first-order chi connectivity index (χ1) is 7.34. The number of allylic oxidation sites excluding steroid dienone is 3. The molecule has 0 N–H and O–H groups in total. The Morgan fingerprint density at radius 3 is 3.13 bits per heavy atom. The molecule has 2 heterocycles. The summed E-state index contributed by atoms with van der Waals surface area (Å²) in [5, 5.41) is 0. The molecule has 0 fully saturated rings. The SMILES string of the molecule is O=C1C=CC2C3=C(C=CC2O1)CC=CO3. The highest BCUT2D eigenvalue weighted by molar-refractivity contribution is 5.83. The van der Waals surface area contributed by atoms with Gasteiger partial charge in [0.25, 0.3) is 0 Å². The molecule has 0 aromatic carbocycles. The summed E-state index contributed by atoms with van der Waals surface area (Å²) in [4.78, 5) is 11.1. The van der Waals surface area contributed by atoms with Gasteiger partial charge in [0.15, 0.2) is 0 Å². The minimum atomic E-state index is -0.281. The van der Waals surface area contributed by atoms with Gasteiger partial charge >= 0.3 is 5.97 Å². The lowest BCUT2D eigenvalue weighted by Crippen LogP contribution is -2.31. The third kappa shape index (κ3) is 1.31. The Balaban J connectivity index is 1.99. The van der Waals surface area contributed by atoms with Crippen LogP contribution in [0.4, 0.5) is 0 Å². The largest absolute Gasteiger partial charge is 0.469 e. The molecule has 3 nitrogen and oxygen atoms in total. The fourth-order valence-electron chi connectivity index (χ4n) is 2.06. The van der Waals surface area contributed by atoms with E-state index in [1.165, 1.54) is 11.6 Å². The number of carbonyl (C=O) groups excluding carboxylic acids is 1. The highest BCUT2D eigenvalue weighted by atomic mass is 16.5. The van der Waals surface area contributed by atoms with E-state index in [4.69, 9.17) is 9.47 Å². The van der Waals surface area contributed by atoms with Crippen LogP contribution in [0.2, 0.25) is 0 Å². The number of esters is 1. The molecule has 3 rings (SSSR count). The topological polar surface area (TPSA) is 35.5 Å². The molecule has 0 saturated heterocycles. The van der Waals surface area contributed by atoms with Gasteiger partial charge in [-0.1, -0.05) is 12.2 Å². The summed E-state index contributed by atoms with van der Waals surface area (Å²) < 4.78 is 10.7. The number of fused-ring (bicyclic) bond motifs is 2. The first kappa shape index (κ1) is 8.53. The fraction of sp³-hybridized carbons (Fsp3) is 0.250. The van der Waals surface area contributed by atoms with E-state index < -0.39 is 0 Å². The molecule has 0 amide bonds. The molecular weight excluding hydrogens is 192 g/mol. The Hall–Kier alpha value is -1.77. The van der Waals surface area contributed by atoms with E-state index in [-0.39, 0.29) is 18.0 Å². The Bertz CT molecular complexity index is 426. The van der Waals surface area contributed by atoms with Crippen molar-refractivity contribution in [3.63, 3.8) is 0 Å². The average Bonchev–Trinajstić information content (AvgIpc) is 2.28.